The molecule has 0 amide bonds. The molecule has 0 aliphatic rings. The summed E-state index contributed by atoms with van der Waals surface area (Å²) in [6.45, 7) is 3.21. The van der Waals surface area contributed by atoms with Gasteiger partial charge in [-0.1, -0.05) is 0 Å². The number of thiazole rings is 1. The predicted octanol–water partition coefficient (Wildman–Crippen LogP) is 4.23. The predicted molar refractivity (Wildman–Crippen MR) is 84.7 cm³/mol. The van der Waals surface area contributed by atoms with E-state index in [0.29, 0.717) is 18.9 Å². The van der Waals surface area contributed by atoms with Gasteiger partial charge in [0.1, 0.15) is 18.2 Å². The molecule has 1 aromatic heterocycles. The van der Waals surface area contributed by atoms with Gasteiger partial charge >= 0.3 is 0 Å². The molecule has 0 unspecified atom stereocenters. The van der Waals surface area contributed by atoms with Crippen LogP contribution in [-0.2, 0) is 0 Å². The Kier molecular flexibility index (Phi) is 4.01. The standard InChI is InChI=1S/C16H15FN2OS/c1-11-19-15-7-4-13(10-16(15)21-11)18-8-9-20-14-5-2-12(17)3-6-14/h2-7,10,18H,8-9H2,1H3. The smallest absolute Gasteiger partial charge is 0.123 e. The van der Waals surface area contributed by atoms with Crippen LogP contribution in [0.15, 0.2) is 42.5 Å². The summed E-state index contributed by atoms with van der Waals surface area (Å²) < 4.78 is 19.5. The lowest BCUT2D eigenvalue weighted by atomic mass is 10.3. The molecule has 0 aliphatic carbocycles. The Morgan fingerprint density at radius 3 is 2.81 bits per heavy atom. The summed E-state index contributed by atoms with van der Waals surface area (Å²) in [5.41, 5.74) is 2.08. The highest BCUT2D eigenvalue weighted by atomic mass is 32.1. The zero-order valence-electron chi connectivity index (χ0n) is 11.6. The van der Waals surface area contributed by atoms with Crippen LogP contribution >= 0.6 is 11.3 Å². The van der Waals surface area contributed by atoms with E-state index in [4.69, 9.17) is 4.74 Å². The number of hydrogen-bond donors (Lipinski definition) is 1. The van der Waals surface area contributed by atoms with Crippen LogP contribution in [0.5, 0.6) is 5.75 Å². The fraction of sp³-hybridized carbons (Fsp3) is 0.188. The molecule has 0 aliphatic heterocycles. The van der Waals surface area contributed by atoms with Crippen molar-refractivity contribution in [3.05, 3.63) is 53.3 Å². The molecule has 5 heteroatoms. The Morgan fingerprint density at radius 2 is 2.00 bits per heavy atom. The van der Waals surface area contributed by atoms with Crippen molar-refractivity contribution in [3.63, 3.8) is 0 Å². The van der Waals surface area contributed by atoms with Gasteiger partial charge in [0.15, 0.2) is 0 Å². The highest BCUT2D eigenvalue weighted by molar-refractivity contribution is 7.18. The first-order chi connectivity index (χ1) is 10.2. The number of anilines is 1. The van der Waals surface area contributed by atoms with Gasteiger partial charge in [-0.3, -0.25) is 0 Å². The number of halogens is 1. The van der Waals surface area contributed by atoms with Gasteiger partial charge in [0, 0.05) is 12.2 Å². The molecule has 0 saturated heterocycles. The van der Waals surface area contributed by atoms with Crippen LogP contribution in [-0.4, -0.2) is 18.1 Å². The molecule has 0 atom stereocenters. The molecule has 0 bridgehead atoms. The lowest BCUT2D eigenvalue weighted by Gasteiger charge is -2.08. The summed E-state index contributed by atoms with van der Waals surface area (Å²) in [6.07, 6.45) is 0. The first-order valence-electron chi connectivity index (χ1n) is 6.70. The maximum Gasteiger partial charge on any atom is 0.123 e. The highest BCUT2D eigenvalue weighted by Crippen LogP contribution is 2.24. The van der Waals surface area contributed by atoms with Gasteiger partial charge in [-0.2, -0.15) is 0 Å². The quantitative estimate of drug-likeness (QED) is 0.716. The topological polar surface area (TPSA) is 34.2 Å². The van der Waals surface area contributed by atoms with Gasteiger partial charge in [0.2, 0.25) is 0 Å². The maximum absolute atomic E-state index is 12.8. The zero-order chi connectivity index (χ0) is 14.7. The lowest BCUT2D eigenvalue weighted by molar-refractivity contribution is 0.332. The molecule has 1 N–H and O–H groups in total. The summed E-state index contributed by atoms with van der Waals surface area (Å²) in [7, 11) is 0. The third kappa shape index (κ3) is 3.49. The molecule has 2 aromatic carbocycles. The van der Waals surface area contributed by atoms with Crippen molar-refractivity contribution in [2.24, 2.45) is 0 Å². The van der Waals surface area contributed by atoms with Crippen LogP contribution in [0, 0.1) is 12.7 Å². The number of benzene rings is 2. The molecule has 0 saturated carbocycles. The summed E-state index contributed by atoms with van der Waals surface area (Å²) in [4.78, 5) is 4.43. The molecule has 3 rings (SSSR count). The normalized spacial score (nSPS) is 10.8. The third-order valence-corrected chi connectivity index (χ3v) is 3.94. The van der Waals surface area contributed by atoms with E-state index in [2.05, 4.69) is 16.4 Å². The van der Waals surface area contributed by atoms with Gasteiger partial charge in [-0.15, -0.1) is 11.3 Å². The van der Waals surface area contributed by atoms with Crippen molar-refractivity contribution < 1.29 is 9.13 Å². The van der Waals surface area contributed by atoms with E-state index in [0.717, 1.165) is 16.2 Å². The minimum absolute atomic E-state index is 0.256. The number of aryl methyl sites for hydroxylation is 1. The van der Waals surface area contributed by atoms with E-state index < -0.39 is 0 Å². The number of aromatic nitrogens is 1. The Hall–Kier alpha value is -2.14. The van der Waals surface area contributed by atoms with E-state index in [1.54, 1.807) is 23.5 Å². The summed E-state index contributed by atoms with van der Waals surface area (Å²) in [5, 5.41) is 4.38. The number of hydrogen-bond acceptors (Lipinski definition) is 4. The van der Waals surface area contributed by atoms with E-state index >= 15 is 0 Å². The van der Waals surface area contributed by atoms with Crippen molar-refractivity contribution in [1.29, 1.82) is 0 Å². The van der Waals surface area contributed by atoms with Gasteiger partial charge in [-0.25, -0.2) is 9.37 Å². The average Bonchev–Trinajstić information content (AvgIpc) is 2.85. The van der Waals surface area contributed by atoms with Crippen molar-refractivity contribution in [2.45, 2.75) is 6.92 Å². The molecular weight excluding hydrogens is 287 g/mol. The fourth-order valence-electron chi connectivity index (χ4n) is 2.04. The highest BCUT2D eigenvalue weighted by Gasteiger charge is 2.01. The van der Waals surface area contributed by atoms with Gasteiger partial charge in [0.05, 0.1) is 15.2 Å². The maximum atomic E-state index is 12.8. The van der Waals surface area contributed by atoms with Crippen LogP contribution < -0.4 is 10.1 Å². The Balaban J connectivity index is 1.53. The Labute approximate surface area is 126 Å². The minimum Gasteiger partial charge on any atom is -0.492 e. The first kappa shape index (κ1) is 13.8. The largest absolute Gasteiger partial charge is 0.492 e. The number of rotatable bonds is 5. The number of nitrogens with one attached hydrogen (secondary N) is 1. The monoisotopic (exact) mass is 302 g/mol. The van der Waals surface area contributed by atoms with E-state index in [1.807, 2.05) is 19.1 Å². The second-order valence-corrected chi connectivity index (χ2v) is 5.88. The van der Waals surface area contributed by atoms with E-state index in [9.17, 15) is 4.39 Å². The molecule has 108 valence electrons. The van der Waals surface area contributed by atoms with Gasteiger partial charge < -0.3 is 10.1 Å². The second-order valence-electron chi connectivity index (χ2n) is 4.64. The minimum atomic E-state index is -0.256. The molecule has 0 fully saturated rings. The molecule has 3 aromatic rings. The van der Waals surface area contributed by atoms with E-state index in [1.165, 1.54) is 16.8 Å². The molecule has 3 nitrogen and oxygen atoms in total. The van der Waals surface area contributed by atoms with Crippen LogP contribution in [0.4, 0.5) is 10.1 Å². The lowest BCUT2D eigenvalue weighted by Crippen LogP contribution is -2.11. The zero-order valence-corrected chi connectivity index (χ0v) is 12.4. The Morgan fingerprint density at radius 1 is 1.19 bits per heavy atom. The molecule has 21 heavy (non-hydrogen) atoms. The van der Waals surface area contributed by atoms with Crippen LogP contribution in [0.3, 0.4) is 0 Å². The van der Waals surface area contributed by atoms with Crippen LogP contribution in [0.2, 0.25) is 0 Å². The molecular formula is C16H15FN2OS. The first-order valence-corrected chi connectivity index (χ1v) is 7.52. The fourth-order valence-corrected chi connectivity index (χ4v) is 2.91. The second kappa shape index (κ2) is 6.10. The van der Waals surface area contributed by atoms with Crippen molar-refractivity contribution in [1.82, 2.24) is 4.98 Å². The summed E-state index contributed by atoms with van der Waals surface area (Å²) >= 11 is 1.69. The Bertz CT molecular complexity index is 740. The van der Waals surface area contributed by atoms with Crippen molar-refractivity contribution in [2.75, 3.05) is 18.5 Å². The SMILES string of the molecule is Cc1nc2ccc(NCCOc3ccc(F)cc3)cc2s1. The van der Waals surface area contributed by atoms with Gasteiger partial charge in [0.25, 0.3) is 0 Å². The van der Waals surface area contributed by atoms with E-state index in [-0.39, 0.29) is 5.82 Å². The molecule has 0 radical (unpaired) electrons. The van der Waals surface area contributed by atoms with Crippen LogP contribution in [0.25, 0.3) is 10.2 Å². The van der Waals surface area contributed by atoms with Gasteiger partial charge in [-0.05, 0) is 49.4 Å². The number of nitrogens with zero attached hydrogens (tertiary/aromatic N) is 1. The number of ether oxygens (including phenoxy) is 1. The molecule has 0 spiro atoms. The van der Waals surface area contributed by atoms with Crippen molar-refractivity contribution in [3.8, 4) is 5.75 Å². The number of fused-ring (bicyclic) bond motifs is 1. The summed E-state index contributed by atoms with van der Waals surface area (Å²) in [6, 6.07) is 12.2. The van der Waals surface area contributed by atoms with Crippen molar-refractivity contribution >= 4 is 27.2 Å². The van der Waals surface area contributed by atoms with Crippen LogP contribution in [0.1, 0.15) is 5.01 Å². The average molecular weight is 302 g/mol. The summed E-state index contributed by atoms with van der Waals surface area (Å²) in [5.74, 6) is 0.417. The third-order valence-electron chi connectivity index (χ3n) is 3.01. The molecule has 1 heterocycles.